The van der Waals surface area contributed by atoms with Crippen LogP contribution in [-0.2, 0) is 0 Å². The van der Waals surface area contributed by atoms with Crippen molar-refractivity contribution in [2.45, 2.75) is 13.8 Å². The summed E-state index contributed by atoms with van der Waals surface area (Å²) in [6, 6.07) is 11.7. The zero-order chi connectivity index (χ0) is 20.8. The number of anilines is 1. The normalized spacial score (nSPS) is 11.1. The monoisotopic (exact) mass is 416 g/mol. The zero-order valence-electron chi connectivity index (χ0n) is 16.8. The van der Waals surface area contributed by atoms with Crippen molar-refractivity contribution in [2.75, 3.05) is 38.7 Å². The molecular formula is C22H25FN2O3S. The molecule has 0 spiro atoms. The van der Waals surface area contributed by atoms with Crippen molar-refractivity contribution in [3.63, 3.8) is 0 Å². The molecule has 154 valence electrons. The molecule has 0 radical (unpaired) electrons. The molecule has 0 saturated carbocycles. The third-order valence-electron chi connectivity index (χ3n) is 4.71. The number of ether oxygens (including phenoxy) is 2. The molecule has 29 heavy (non-hydrogen) atoms. The maximum atomic E-state index is 13.9. The van der Waals surface area contributed by atoms with Gasteiger partial charge in [0, 0.05) is 28.4 Å². The van der Waals surface area contributed by atoms with Gasteiger partial charge in [0.05, 0.1) is 12.0 Å². The van der Waals surface area contributed by atoms with Gasteiger partial charge in [0.25, 0.3) is 5.91 Å². The summed E-state index contributed by atoms with van der Waals surface area (Å²) < 4.78 is 25.9. The first-order chi connectivity index (χ1) is 14.0. The van der Waals surface area contributed by atoms with E-state index in [4.69, 9.17) is 9.47 Å². The highest BCUT2D eigenvalue weighted by atomic mass is 32.1. The molecule has 0 atom stereocenters. The molecule has 0 unspecified atom stereocenters. The Balaban J connectivity index is 1.72. The molecule has 2 aromatic carbocycles. The van der Waals surface area contributed by atoms with Gasteiger partial charge in [0.15, 0.2) is 11.5 Å². The molecule has 0 saturated heterocycles. The number of likely N-dealkylation sites (N-methyl/N-ethyl adjacent to an activating group) is 1. The summed E-state index contributed by atoms with van der Waals surface area (Å²) in [5, 5.41) is 3.31. The van der Waals surface area contributed by atoms with Crippen LogP contribution in [0.5, 0.6) is 11.5 Å². The highest BCUT2D eigenvalue weighted by Crippen LogP contribution is 2.32. The molecule has 0 aliphatic rings. The molecule has 1 amide bonds. The number of amides is 1. The Morgan fingerprint density at radius 1 is 1.14 bits per heavy atom. The molecule has 7 heteroatoms. The summed E-state index contributed by atoms with van der Waals surface area (Å²) in [6.45, 7) is 7.47. The van der Waals surface area contributed by atoms with Crippen LogP contribution in [-0.4, -0.2) is 44.2 Å². The number of nitrogens with zero attached hydrogens (tertiary/aromatic N) is 1. The van der Waals surface area contributed by atoms with E-state index in [0.29, 0.717) is 34.1 Å². The van der Waals surface area contributed by atoms with Gasteiger partial charge < -0.3 is 19.7 Å². The lowest BCUT2D eigenvalue weighted by Crippen LogP contribution is -2.28. The largest absolute Gasteiger partial charge is 0.493 e. The number of thiophene rings is 1. The molecule has 1 aromatic heterocycles. The van der Waals surface area contributed by atoms with E-state index in [1.807, 2.05) is 0 Å². The lowest BCUT2D eigenvalue weighted by molar-refractivity contribution is 0.103. The van der Waals surface area contributed by atoms with Gasteiger partial charge in [-0.2, -0.15) is 0 Å². The predicted molar refractivity (Wildman–Crippen MR) is 116 cm³/mol. The summed E-state index contributed by atoms with van der Waals surface area (Å²) in [5.41, 5.74) is 0.589. The second kappa shape index (κ2) is 9.71. The Hall–Kier alpha value is -2.64. The first kappa shape index (κ1) is 21.1. The Morgan fingerprint density at radius 2 is 1.93 bits per heavy atom. The van der Waals surface area contributed by atoms with E-state index >= 15 is 0 Å². The fourth-order valence-corrected chi connectivity index (χ4v) is 3.99. The van der Waals surface area contributed by atoms with Crippen LogP contribution in [0.2, 0.25) is 0 Å². The van der Waals surface area contributed by atoms with Gasteiger partial charge in [-0.25, -0.2) is 4.39 Å². The van der Waals surface area contributed by atoms with Crippen LogP contribution in [0.25, 0.3) is 10.1 Å². The molecule has 0 aliphatic carbocycles. The standard InChI is InChI=1S/C22H25FN2O3S/c1-4-25(5-2)11-12-28-19-13-15(9-10-18(19)27-3)24-22(26)21-14-16-17(23)7-6-8-20(16)29-21/h6-10,13-14H,4-5,11-12H2,1-3H3,(H,24,26). The van der Waals surface area contributed by atoms with E-state index in [2.05, 4.69) is 24.1 Å². The van der Waals surface area contributed by atoms with E-state index in [0.717, 1.165) is 24.3 Å². The fraction of sp³-hybridized carbons (Fsp3) is 0.318. The van der Waals surface area contributed by atoms with E-state index in [-0.39, 0.29) is 11.7 Å². The van der Waals surface area contributed by atoms with E-state index in [1.54, 1.807) is 43.5 Å². The minimum atomic E-state index is -0.328. The summed E-state index contributed by atoms with van der Waals surface area (Å²) in [5.74, 6) is 0.558. The molecule has 0 bridgehead atoms. The second-order valence-electron chi connectivity index (χ2n) is 6.46. The number of benzene rings is 2. The van der Waals surface area contributed by atoms with Crippen molar-refractivity contribution in [3.05, 3.63) is 53.2 Å². The number of methoxy groups -OCH3 is 1. The van der Waals surface area contributed by atoms with E-state index in [9.17, 15) is 9.18 Å². The maximum Gasteiger partial charge on any atom is 0.265 e. The molecule has 0 fully saturated rings. The molecule has 5 nitrogen and oxygen atoms in total. The van der Waals surface area contributed by atoms with Crippen LogP contribution < -0.4 is 14.8 Å². The summed E-state index contributed by atoms with van der Waals surface area (Å²) >= 11 is 1.26. The average Bonchev–Trinajstić information content (AvgIpc) is 3.17. The van der Waals surface area contributed by atoms with Crippen LogP contribution in [0.4, 0.5) is 10.1 Å². The van der Waals surface area contributed by atoms with Gasteiger partial charge in [0.2, 0.25) is 0 Å². The van der Waals surface area contributed by atoms with Gasteiger partial charge in [-0.05, 0) is 43.4 Å². The lowest BCUT2D eigenvalue weighted by atomic mass is 10.2. The summed E-state index contributed by atoms with van der Waals surface area (Å²) in [7, 11) is 1.58. The molecule has 1 N–H and O–H groups in total. The maximum absolute atomic E-state index is 13.9. The number of hydrogen-bond acceptors (Lipinski definition) is 5. The Morgan fingerprint density at radius 3 is 2.62 bits per heavy atom. The third-order valence-corrected chi connectivity index (χ3v) is 5.81. The van der Waals surface area contributed by atoms with Gasteiger partial charge in [-0.1, -0.05) is 19.9 Å². The predicted octanol–water partition coefficient (Wildman–Crippen LogP) is 5.02. The SMILES string of the molecule is CCN(CC)CCOc1cc(NC(=O)c2cc3c(F)cccc3s2)ccc1OC. The average molecular weight is 417 g/mol. The van der Waals surface area contributed by atoms with Gasteiger partial charge in [-0.3, -0.25) is 4.79 Å². The lowest BCUT2D eigenvalue weighted by Gasteiger charge is -2.19. The number of carbonyl (C=O) groups excluding carboxylic acids is 1. The Labute approximate surface area is 174 Å². The number of hydrogen-bond donors (Lipinski definition) is 1. The number of nitrogens with one attached hydrogen (secondary N) is 1. The van der Waals surface area contributed by atoms with Crippen LogP contribution in [0.3, 0.4) is 0 Å². The van der Waals surface area contributed by atoms with Gasteiger partial charge in [0.1, 0.15) is 12.4 Å². The molecule has 3 aromatic rings. The Kier molecular flexibility index (Phi) is 7.06. The number of rotatable bonds is 9. The highest BCUT2D eigenvalue weighted by Gasteiger charge is 2.14. The number of fused-ring (bicyclic) bond motifs is 1. The molecule has 3 rings (SSSR count). The van der Waals surface area contributed by atoms with E-state index < -0.39 is 0 Å². The van der Waals surface area contributed by atoms with Crippen molar-refractivity contribution in [3.8, 4) is 11.5 Å². The zero-order valence-corrected chi connectivity index (χ0v) is 17.6. The molecule has 0 aliphatic heterocycles. The smallest absolute Gasteiger partial charge is 0.265 e. The van der Waals surface area contributed by atoms with Gasteiger partial charge >= 0.3 is 0 Å². The highest BCUT2D eigenvalue weighted by molar-refractivity contribution is 7.20. The minimum Gasteiger partial charge on any atom is -0.493 e. The van der Waals surface area contributed by atoms with Crippen molar-refractivity contribution >= 4 is 33.0 Å². The third kappa shape index (κ3) is 5.05. The number of halogens is 1. The summed E-state index contributed by atoms with van der Waals surface area (Å²) in [6.07, 6.45) is 0. The topological polar surface area (TPSA) is 50.8 Å². The minimum absolute atomic E-state index is 0.287. The van der Waals surface area contributed by atoms with Crippen molar-refractivity contribution in [2.24, 2.45) is 0 Å². The molecule has 1 heterocycles. The van der Waals surface area contributed by atoms with Crippen molar-refractivity contribution in [1.82, 2.24) is 4.90 Å². The van der Waals surface area contributed by atoms with Crippen molar-refractivity contribution in [1.29, 1.82) is 0 Å². The van der Waals surface area contributed by atoms with Crippen molar-refractivity contribution < 1.29 is 18.7 Å². The first-order valence-electron chi connectivity index (χ1n) is 9.58. The second-order valence-corrected chi connectivity index (χ2v) is 7.54. The quantitative estimate of drug-likeness (QED) is 0.532. The fourth-order valence-electron chi connectivity index (χ4n) is 3.02. The van der Waals surface area contributed by atoms with Crippen LogP contribution in [0.15, 0.2) is 42.5 Å². The first-order valence-corrected chi connectivity index (χ1v) is 10.4. The molecular weight excluding hydrogens is 391 g/mol. The van der Waals surface area contributed by atoms with Crippen LogP contribution >= 0.6 is 11.3 Å². The van der Waals surface area contributed by atoms with Crippen LogP contribution in [0.1, 0.15) is 23.5 Å². The number of carbonyl (C=O) groups is 1. The van der Waals surface area contributed by atoms with Crippen LogP contribution in [0, 0.1) is 5.82 Å². The Bertz CT molecular complexity index is 985. The summed E-state index contributed by atoms with van der Waals surface area (Å²) in [4.78, 5) is 15.4. The van der Waals surface area contributed by atoms with Gasteiger partial charge in [-0.15, -0.1) is 11.3 Å². The van der Waals surface area contributed by atoms with E-state index in [1.165, 1.54) is 17.4 Å².